The summed E-state index contributed by atoms with van der Waals surface area (Å²) in [7, 11) is 0. The quantitative estimate of drug-likeness (QED) is 0.868. The highest BCUT2D eigenvalue weighted by Crippen LogP contribution is 2.27. The molecule has 2 aromatic rings. The maximum Gasteiger partial charge on any atom is 0.323 e. The average Bonchev–Trinajstić information content (AvgIpc) is 3.31. The van der Waals surface area contributed by atoms with E-state index in [0.717, 1.165) is 29.8 Å². The zero-order chi connectivity index (χ0) is 17.3. The van der Waals surface area contributed by atoms with E-state index in [2.05, 4.69) is 10.3 Å². The molecule has 0 bridgehead atoms. The number of amides is 1. The summed E-state index contributed by atoms with van der Waals surface area (Å²) in [6.45, 7) is 3.62. The van der Waals surface area contributed by atoms with Gasteiger partial charge >= 0.3 is 5.97 Å². The molecular formula is C17H20N4O3. The van der Waals surface area contributed by atoms with E-state index in [1.165, 1.54) is 4.90 Å². The van der Waals surface area contributed by atoms with Crippen molar-refractivity contribution in [2.24, 2.45) is 0 Å². The van der Waals surface area contributed by atoms with Crippen molar-refractivity contribution in [2.45, 2.75) is 39.2 Å². The number of carboxylic acid groups (broad SMARTS) is 1. The van der Waals surface area contributed by atoms with Gasteiger partial charge in [-0.25, -0.2) is 4.68 Å². The Morgan fingerprint density at radius 1 is 1.25 bits per heavy atom. The van der Waals surface area contributed by atoms with Gasteiger partial charge in [-0.1, -0.05) is 22.9 Å². The van der Waals surface area contributed by atoms with E-state index >= 15 is 0 Å². The molecule has 0 atom stereocenters. The Balaban J connectivity index is 1.77. The van der Waals surface area contributed by atoms with Gasteiger partial charge in [0.15, 0.2) is 0 Å². The normalized spacial score (nSPS) is 13.8. The molecule has 1 heterocycles. The Bertz CT molecular complexity index is 763. The lowest BCUT2D eigenvalue weighted by Crippen LogP contribution is -2.38. The Kier molecular flexibility index (Phi) is 4.33. The maximum atomic E-state index is 12.5. The van der Waals surface area contributed by atoms with Crippen LogP contribution in [0, 0.1) is 13.8 Å². The Labute approximate surface area is 139 Å². The van der Waals surface area contributed by atoms with E-state index in [9.17, 15) is 9.59 Å². The summed E-state index contributed by atoms with van der Waals surface area (Å²) in [5.74, 6) is -1.20. The van der Waals surface area contributed by atoms with E-state index < -0.39 is 5.97 Å². The van der Waals surface area contributed by atoms with Gasteiger partial charge < -0.3 is 10.0 Å². The number of carbonyl (C=O) groups is 2. The predicted octanol–water partition coefficient (Wildman–Crippen LogP) is 1.50. The van der Waals surface area contributed by atoms with Crippen molar-refractivity contribution >= 4 is 11.9 Å². The van der Waals surface area contributed by atoms with Crippen LogP contribution in [0.2, 0.25) is 0 Å². The summed E-state index contributed by atoms with van der Waals surface area (Å²) < 4.78 is 1.70. The summed E-state index contributed by atoms with van der Waals surface area (Å²) in [5.41, 5.74) is 3.41. The molecule has 0 aliphatic heterocycles. The third-order valence-corrected chi connectivity index (χ3v) is 4.20. The molecule has 24 heavy (non-hydrogen) atoms. The predicted molar refractivity (Wildman–Crippen MR) is 86.9 cm³/mol. The SMILES string of the molecule is Cc1ccc(-n2nnc(CC(=O)N(CC(=O)O)C3CC3)c2C)cc1. The molecule has 1 aromatic heterocycles. The number of aliphatic carboxylic acids is 1. The van der Waals surface area contributed by atoms with Crippen molar-refractivity contribution < 1.29 is 14.7 Å². The molecule has 0 saturated heterocycles. The van der Waals surface area contributed by atoms with Gasteiger partial charge in [0.2, 0.25) is 5.91 Å². The van der Waals surface area contributed by atoms with Crippen molar-refractivity contribution in [3.63, 3.8) is 0 Å². The lowest BCUT2D eigenvalue weighted by Gasteiger charge is -2.19. The minimum atomic E-state index is -0.990. The van der Waals surface area contributed by atoms with Crippen LogP contribution in [-0.4, -0.2) is 49.5 Å². The van der Waals surface area contributed by atoms with Crippen LogP contribution < -0.4 is 0 Å². The fraction of sp³-hybridized carbons (Fsp3) is 0.412. The maximum absolute atomic E-state index is 12.5. The summed E-state index contributed by atoms with van der Waals surface area (Å²) in [4.78, 5) is 24.9. The van der Waals surface area contributed by atoms with Crippen LogP contribution in [0.15, 0.2) is 24.3 Å². The zero-order valence-electron chi connectivity index (χ0n) is 13.8. The third kappa shape index (κ3) is 3.45. The van der Waals surface area contributed by atoms with Gasteiger partial charge in [-0.3, -0.25) is 9.59 Å². The van der Waals surface area contributed by atoms with E-state index in [1.807, 2.05) is 38.1 Å². The highest BCUT2D eigenvalue weighted by atomic mass is 16.4. The Morgan fingerprint density at radius 3 is 2.50 bits per heavy atom. The van der Waals surface area contributed by atoms with E-state index in [0.29, 0.717) is 5.69 Å². The van der Waals surface area contributed by atoms with Crippen LogP contribution in [0.3, 0.4) is 0 Å². The molecule has 1 aromatic carbocycles. The molecule has 1 amide bonds. The van der Waals surface area contributed by atoms with Gasteiger partial charge in [-0.2, -0.15) is 0 Å². The van der Waals surface area contributed by atoms with Crippen LogP contribution in [0.5, 0.6) is 0 Å². The van der Waals surface area contributed by atoms with Crippen molar-refractivity contribution in [1.29, 1.82) is 0 Å². The molecular weight excluding hydrogens is 308 g/mol. The molecule has 1 aliphatic rings. The number of hydrogen-bond acceptors (Lipinski definition) is 4. The second-order valence-electron chi connectivity index (χ2n) is 6.19. The van der Waals surface area contributed by atoms with Crippen molar-refractivity contribution in [2.75, 3.05) is 6.54 Å². The molecule has 1 fully saturated rings. The molecule has 7 heteroatoms. The van der Waals surface area contributed by atoms with Gasteiger partial charge in [0.25, 0.3) is 0 Å². The van der Waals surface area contributed by atoms with Crippen molar-refractivity contribution in [3.05, 3.63) is 41.2 Å². The van der Waals surface area contributed by atoms with Crippen molar-refractivity contribution in [1.82, 2.24) is 19.9 Å². The fourth-order valence-corrected chi connectivity index (χ4v) is 2.65. The molecule has 0 spiro atoms. The molecule has 7 nitrogen and oxygen atoms in total. The number of rotatable bonds is 6. The molecule has 1 saturated carbocycles. The molecule has 126 valence electrons. The van der Waals surface area contributed by atoms with Gasteiger partial charge in [0.05, 0.1) is 23.5 Å². The number of carbonyl (C=O) groups excluding carboxylic acids is 1. The van der Waals surface area contributed by atoms with Crippen molar-refractivity contribution in [3.8, 4) is 5.69 Å². The Morgan fingerprint density at radius 2 is 1.92 bits per heavy atom. The van der Waals surface area contributed by atoms with Crippen LogP contribution in [0.1, 0.15) is 29.8 Å². The summed E-state index contributed by atoms with van der Waals surface area (Å²) in [6.07, 6.45) is 1.81. The third-order valence-electron chi connectivity index (χ3n) is 4.20. The Hall–Kier alpha value is -2.70. The number of aryl methyl sites for hydroxylation is 1. The van der Waals surface area contributed by atoms with Gasteiger partial charge in [-0.05, 0) is 38.8 Å². The molecule has 1 aliphatic carbocycles. The molecule has 0 unspecified atom stereocenters. The number of aromatic nitrogens is 3. The van der Waals surface area contributed by atoms with Crippen LogP contribution in [-0.2, 0) is 16.0 Å². The lowest BCUT2D eigenvalue weighted by molar-refractivity contribution is -0.144. The molecule has 0 radical (unpaired) electrons. The van der Waals surface area contributed by atoms with Gasteiger partial charge in [0, 0.05) is 6.04 Å². The largest absolute Gasteiger partial charge is 0.480 e. The highest BCUT2D eigenvalue weighted by molar-refractivity contribution is 5.83. The first-order valence-electron chi connectivity index (χ1n) is 7.95. The second kappa shape index (κ2) is 6.43. The number of benzene rings is 1. The number of hydrogen-bond donors (Lipinski definition) is 1. The first-order valence-corrected chi connectivity index (χ1v) is 7.95. The summed E-state index contributed by atoms with van der Waals surface area (Å²) >= 11 is 0. The van der Waals surface area contributed by atoms with E-state index in [4.69, 9.17) is 5.11 Å². The standard InChI is InChI=1S/C17H20N4O3/c1-11-3-5-14(6-4-11)21-12(2)15(18-19-21)9-16(22)20(10-17(23)24)13-7-8-13/h3-6,13H,7-10H2,1-2H3,(H,23,24). The van der Waals surface area contributed by atoms with Gasteiger partial charge in [0.1, 0.15) is 6.54 Å². The topological polar surface area (TPSA) is 88.3 Å². The van der Waals surface area contributed by atoms with Gasteiger partial charge in [-0.15, -0.1) is 5.10 Å². The first kappa shape index (κ1) is 16.2. The molecule has 3 rings (SSSR count). The first-order chi connectivity index (χ1) is 11.5. The summed E-state index contributed by atoms with van der Waals surface area (Å²) in [6, 6.07) is 7.93. The molecule has 1 N–H and O–H groups in total. The van der Waals surface area contributed by atoms with Crippen LogP contribution >= 0.6 is 0 Å². The zero-order valence-corrected chi connectivity index (χ0v) is 13.8. The van der Waals surface area contributed by atoms with E-state index in [1.54, 1.807) is 4.68 Å². The average molecular weight is 328 g/mol. The second-order valence-corrected chi connectivity index (χ2v) is 6.19. The van der Waals surface area contributed by atoms with E-state index in [-0.39, 0.29) is 24.9 Å². The minimum Gasteiger partial charge on any atom is -0.480 e. The van der Waals surface area contributed by atoms with Crippen LogP contribution in [0.4, 0.5) is 0 Å². The summed E-state index contributed by atoms with van der Waals surface area (Å²) in [5, 5.41) is 17.2. The minimum absolute atomic E-state index is 0.0565. The number of nitrogens with zero attached hydrogens (tertiary/aromatic N) is 4. The monoisotopic (exact) mass is 328 g/mol. The lowest BCUT2D eigenvalue weighted by atomic mass is 10.2. The van der Waals surface area contributed by atoms with Crippen LogP contribution in [0.25, 0.3) is 5.69 Å². The fourth-order valence-electron chi connectivity index (χ4n) is 2.65. The smallest absolute Gasteiger partial charge is 0.323 e. The highest BCUT2D eigenvalue weighted by Gasteiger charge is 2.34. The number of carboxylic acids is 1.